The molecule has 0 spiro atoms. The first kappa shape index (κ1) is 14.2. The van der Waals surface area contributed by atoms with Gasteiger partial charge < -0.3 is 5.32 Å². The molecule has 2 unspecified atom stereocenters. The predicted octanol–water partition coefficient (Wildman–Crippen LogP) is 4.82. The van der Waals surface area contributed by atoms with Gasteiger partial charge in [-0.05, 0) is 59.1 Å². The molecule has 2 atom stereocenters. The number of rotatable bonds is 3. The third kappa shape index (κ3) is 2.80. The fourth-order valence-corrected chi connectivity index (χ4v) is 4.79. The number of fused-ring (bicyclic) bond motifs is 1. The van der Waals surface area contributed by atoms with E-state index >= 15 is 0 Å². The highest BCUT2D eigenvalue weighted by molar-refractivity contribution is 9.10. The minimum absolute atomic E-state index is 0.428. The normalized spacial score (nSPS) is 21.5. The van der Waals surface area contributed by atoms with E-state index in [1.165, 1.54) is 33.3 Å². The maximum atomic E-state index is 3.66. The van der Waals surface area contributed by atoms with Crippen molar-refractivity contribution in [3.63, 3.8) is 0 Å². The lowest BCUT2D eigenvalue weighted by Crippen LogP contribution is -2.32. The van der Waals surface area contributed by atoms with Crippen molar-refractivity contribution < 1.29 is 0 Å². The largest absolute Gasteiger partial charge is 0.312 e. The van der Waals surface area contributed by atoms with Crippen LogP contribution in [0.4, 0.5) is 0 Å². The lowest BCUT2D eigenvalue weighted by Gasteiger charge is -2.33. The molecule has 1 nitrogen and oxygen atoms in total. The molecule has 0 radical (unpaired) electrons. The van der Waals surface area contributed by atoms with Gasteiger partial charge in [-0.2, -0.15) is 0 Å². The Morgan fingerprint density at radius 3 is 2.65 bits per heavy atom. The maximum absolute atomic E-state index is 3.66. The summed E-state index contributed by atoms with van der Waals surface area (Å²) < 4.78 is 1.19. The maximum Gasteiger partial charge on any atom is 0.0444 e. The Morgan fingerprint density at radius 2 is 1.85 bits per heavy atom. The lowest BCUT2D eigenvalue weighted by atomic mass is 9.87. The number of aryl methyl sites for hydroxylation is 1. The summed E-state index contributed by atoms with van der Waals surface area (Å²) in [5.41, 5.74) is 2.96. The quantitative estimate of drug-likeness (QED) is 0.854. The van der Waals surface area contributed by atoms with Crippen LogP contribution in [0.2, 0.25) is 0 Å². The van der Waals surface area contributed by atoms with E-state index in [1.54, 1.807) is 0 Å². The second-order valence-electron chi connectivity index (χ2n) is 5.09. The Labute approximate surface area is 133 Å². The van der Waals surface area contributed by atoms with Crippen LogP contribution in [0.25, 0.3) is 0 Å². The fraction of sp³-hybridized carbons (Fsp3) is 0.294. The molecule has 0 bridgehead atoms. The number of hydrogen-bond acceptors (Lipinski definition) is 2. The van der Waals surface area contributed by atoms with Gasteiger partial charge in [0.15, 0.2) is 0 Å². The minimum atomic E-state index is 0.428. The van der Waals surface area contributed by atoms with Gasteiger partial charge in [-0.15, -0.1) is 11.8 Å². The van der Waals surface area contributed by atoms with E-state index in [-0.39, 0.29) is 0 Å². The summed E-state index contributed by atoms with van der Waals surface area (Å²) in [6, 6.07) is 17.7. The van der Waals surface area contributed by atoms with E-state index in [0.29, 0.717) is 11.3 Å². The Bertz CT molecular complexity index is 599. The molecule has 0 amide bonds. The average molecular weight is 348 g/mol. The van der Waals surface area contributed by atoms with E-state index in [9.17, 15) is 0 Å². The van der Waals surface area contributed by atoms with Crippen molar-refractivity contribution in [2.45, 2.75) is 29.0 Å². The van der Waals surface area contributed by atoms with Crippen LogP contribution in [0.3, 0.4) is 0 Å². The van der Waals surface area contributed by atoms with Crippen molar-refractivity contribution >= 4 is 27.7 Å². The molecular formula is C17H18BrNS. The molecule has 3 rings (SSSR count). The third-order valence-corrected chi connectivity index (χ3v) is 6.26. The van der Waals surface area contributed by atoms with Crippen molar-refractivity contribution in [3.05, 3.63) is 64.1 Å². The summed E-state index contributed by atoms with van der Waals surface area (Å²) in [4.78, 5) is 1.33. The van der Waals surface area contributed by atoms with Crippen molar-refractivity contribution in [1.29, 1.82) is 0 Å². The first-order chi connectivity index (χ1) is 9.79. The predicted molar refractivity (Wildman–Crippen MR) is 90.4 cm³/mol. The van der Waals surface area contributed by atoms with Crippen LogP contribution in [0.5, 0.6) is 0 Å². The molecule has 20 heavy (non-hydrogen) atoms. The van der Waals surface area contributed by atoms with Crippen LogP contribution < -0.4 is 5.32 Å². The van der Waals surface area contributed by atoms with Crippen molar-refractivity contribution in [3.8, 4) is 0 Å². The van der Waals surface area contributed by atoms with Crippen LogP contribution in [-0.2, 0) is 6.42 Å². The lowest BCUT2D eigenvalue weighted by molar-refractivity contribution is 0.510. The summed E-state index contributed by atoms with van der Waals surface area (Å²) in [6.45, 7) is 0. The molecule has 3 heteroatoms. The van der Waals surface area contributed by atoms with Crippen molar-refractivity contribution in [2.24, 2.45) is 0 Å². The molecule has 2 aromatic rings. The molecule has 0 aliphatic heterocycles. The molecule has 104 valence electrons. The van der Waals surface area contributed by atoms with Crippen molar-refractivity contribution in [1.82, 2.24) is 5.32 Å². The zero-order valence-corrected chi connectivity index (χ0v) is 13.9. The number of benzene rings is 2. The van der Waals surface area contributed by atoms with E-state index < -0.39 is 0 Å². The number of nitrogens with one attached hydrogen (secondary N) is 1. The average Bonchev–Trinajstić information content (AvgIpc) is 2.49. The van der Waals surface area contributed by atoms with Gasteiger partial charge in [-0.25, -0.2) is 0 Å². The molecule has 0 aromatic heterocycles. The summed E-state index contributed by atoms with van der Waals surface area (Å²) in [7, 11) is 2.07. The number of hydrogen-bond donors (Lipinski definition) is 1. The van der Waals surface area contributed by atoms with Crippen LogP contribution >= 0.6 is 27.7 Å². The second kappa shape index (κ2) is 6.33. The van der Waals surface area contributed by atoms with E-state index in [2.05, 4.69) is 76.8 Å². The first-order valence-corrected chi connectivity index (χ1v) is 8.63. The third-order valence-electron chi connectivity index (χ3n) is 3.89. The van der Waals surface area contributed by atoms with Crippen LogP contribution in [0, 0.1) is 0 Å². The van der Waals surface area contributed by atoms with Gasteiger partial charge in [-0.1, -0.05) is 36.4 Å². The Balaban J connectivity index is 1.87. The highest BCUT2D eigenvalue weighted by Gasteiger charge is 2.29. The molecule has 0 saturated carbocycles. The highest BCUT2D eigenvalue weighted by atomic mass is 79.9. The molecule has 2 aromatic carbocycles. The second-order valence-corrected chi connectivity index (χ2v) is 7.23. The fourth-order valence-electron chi connectivity index (χ4n) is 2.90. The minimum Gasteiger partial charge on any atom is -0.312 e. The summed E-state index contributed by atoms with van der Waals surface area (Å²) in [5, 5.41) is 4.09. The van der Waals surface area contributed by atoms with Gasteiger partial charge in [-0.3, -0.25) is 0 Å². The first-order valence-electron chi connectivity index (χ1n) is 6.96. The zero-order valence-electron chi connectivity index (χ0n) is 11.5. The number of thioether (sulfide) groups is 1. The van der Waals surface area contributed by atoms with Crippen molar-refractivity contribution in [2.75, 3.05) is 7.05 Å². The summed E-state index contributed by atoms with van der Waals surface area (Å²) >= 11 is 5.63. The molecular weight excluding hydrogens is 330 g/mol. The smallest absolute Gasteiger partial charge is 0.0444 e. The molecule has 0 fully saturated rings. The molecule has 0 saturated heterocycles. The molecule has 1 aliphatic rings. The van der Waals surface area contributed by atoms with Gasteiger partial charge in [0.1, 0.15) is 0 Å². The molecule has 1 aliphatic carbocycles. The monoisotopic (exact) mass is 347 g/mol. The highest BCUT2D eigenvalue weighted by Crippen LogP contribution is 2.41. The van der Waals surface area contributed by atoms with Gasteiger partial charge in [0.25, 0.3) is 0 Å². The van der Waals surface area contributed by atoms with Gasteiger partial charge >= 0.3 is 0 Å². The SMILES string of the molecule is CNC1c2ccccc2CCC1Sc1ccccc1Br. The van der Waals surface area contributed by atoms with Crippen LogP contribution in [0.15, 0.2) is 57.9 Å². The molecule has 1 N–H and O–H groups in total. The number of halogens is 1. The molecule has 0 heterocycles. The Morgan fingerprint density at radius 1 is 1.10 bits per heavy atom. The summed E-state index contributed by atoms with van der Waals surface area (Å²) in [6.07, 6.45) is 2.39. The van der Waals surface area contributed by atoms with E-state index in [1.807, 2.05) is 11.8 Å². The standard InChI is InChI=1S/C17H18BrNS/c1-19-17-13-7-3-2-6-12(13)10-11-16(17)20-15-9-5-4-8-14(15)18/h2-9,16-17,19H,10-11H2,1H3. The Kier molecular flexibility index (Phi) is 4.49. The van der Waals surface area contributed by atoms with E-state index in [0.717, 1.165) is 0 Å². The van der Waals surface area contributed by atoms with Gasteiger partial charge in [0.05, 0.1) is 0 Å². The van der Waals surface area contributed by atoms with Gasteiger partial charge in [0, 0.05) is 20.7 Å². The summed E-state index contributed by atoms with van der Waals surface area (Å²) in [5.74, 6) is 0. The van der Waals surface area contributed by atoms with Gasteiger partial charge in [0.2, 0.25) is 0 Å². The van der Waals surface area contributed by atoms with E-state index in [4.69, 9.17) is 0 Å². The Hall–Kier alpha value is -0.770. The van der Waals surface area contributed by atoms with Crippen LogP contribution in [-0.4, -0.2) is 12.3 Å². The topological polar surface area (TPSA) is 12.0 Å². The zero-order chi connectivity index (χ0) is 13.9. The van der Waals surface area contributed by atoms with Crippen LogP contribution in [0.1, 0.15) is 23.6 Å².